The average molecular weight is 282 g/mol. The summed E-state index contributed by atoms with van der Waals surface area (Å²) in [7, 11) is 0. The van der Waals surface area contributed by atoms with E-state index >= 15 is 0 Å². The average Bonchev–Trinajstić information content (AvgIpc) is 2.48. The van der Waals surface area contributed by atoms with Crippen LogP contribution in [0.2, 0.25) is 0 Å². The molecule has 2 rings (SSSR count). The van der Waals surface area contributed by atoms with Gasteiger partial charge < -0.3 is 15.0 Å². The molecule has 0 aromatic heterocycles. The highest BCUT2D eigenvalue weighted by atomic mass is 16.5. The van der Waals surface area contributed by atoms with E-state index in [1.165, 1.54) is 25.8 Å². The lowest BCUT2D eigenvalue weighted by atomic mass is 9.85. The molecule has 3 unspecified atom stereocenters. The molecule has 2 fully saturated rings. The van der Waals surface area contributed by atoms with Crippen LogP contribution in [0.15, 0.2) is 0 Å². The minimum absolute atomic E-state index is 0.0119. The van der Waals surface area contributed by atoms with Crippen LogP contribution in [-0.4, -0.2) is 49.2 Å². The maximum absolute atomic E-state index is 11.9. The molecule has 0 aromatic carbocycles. The highest BCUT2D eigenvalue weighted by Crippen LogP contribution is 2.26. The van der Waals surface area contributed by atoms with Crippen LogP contribution in [0.3, 0.4) is 0 Å². The lowest BCUT2D eigenvalue weighted by molar-refractivity contribution is -0.149. The fourth-order valence-corrected chi connectivity index (χ4v) is 3.63. The van der Waals surface area contributed by atoms with E-state index < -0.39 is 0 Å². The largest absolute Gasteiger partial charge is 0.466 e. The monoisotopic (exact) mass is 282 g/mol. The Kier molecular flexibility index (Phi) is 6.30. The van der Waals surface area contributed by atoms with E-state index in [4.69, 9.17) is 4.74 Å². The van der Waals surface area contributed by atoms with Gasteiger partial charge in [-0.1, -0.05) is 13.3 Å². The summed E-state index contributed by atoms with van der Waals surface area (Å²) in [4.78, 5) is 14.4. The fourth-order valence-electron chi connectivity index (χ4n) is 3.63. The molecule has 116 valence electrons. The predicted octanol–water partition coefficient (Wildman–Crippen LogP) is 2.18. The lowest BCUT2D eigenvalue weighted by Gasteiger charge is -2.37. The Morgan fingerprint density at radius 2 is 2.00 bits per heavy atom. The van der Waals surface area contributed by atoms with Gasteiger partial charge in [-0.05, 0) is 52.1 Å². The first-order chi connectivity index (χ1) is 9.72. The predicted molar refractivity (Wildman–Crippen MR) is 80.7 cm³/mol. The number of esters is 1. The van der Waals surface area contributed by atoms with Crippen molar-refractivity contribution < 1.29 is 9.53 Å². The molecule has 0 radical (unpaired) electrons. The highest BCUT2D eigenvalue weighted by molar-refractivity contribution is 5.72. The molecule has 0 bridgehead atoms. The first-order valence-electron chi connectivity index (χ1n) is 8.38. The van der Waals surface area contributed by atoms with Crippen molar-refractivity contribution >= 4 is 5.97 Å². The number of carbonyl (C=O) groups is 1. The van der Waals surface area contributed by atoms with Crippen molar-refractivity contribution in [1.82, 2.24) is 10.2 Å². The van der Waals surface area contributed by atoms with Gasteiger partial charge in [0, 0.05) is 18.6 Å². The zero-order valence-electron chi connectivity index (χ0n) is 13.1. The summed E-state index contributed by atoms with van der Waals surface area (Å²) in [5.41, 5.74) is 0. The Morgan fingerprint density at radius 1 is 1.20 bits per heavy atom. The Bertz CT molecular complexity index is 309. The van der Waals surface area contributed by atoms with Crippen LogP contribution in [0.4, 0.5) is 0 Å². The van der Waals surface area contributed by atoms with Crippen LogP contribution in [0.5, 0.6) is 0 Å². The number of piperidine rings is 1. The number of nitrogens with zero attached hydrogens (tertiary/aromatic N) is 1. The molecule has 1 saturated heterocycles. The minimum atomic E-state index is 0.0119. The molecule has 0 aromatic rings. The molecule has 1 saturated carbocycles. The number of carbonyl (C=O) groups excluding carboxylic acids is 1. The van der Waals surface area contributed by atoms with Gasteiger partial charge in [-0.25, -0.2) is 0 Å². The SMILES string of the molecule is CCOC(=O)C1CCCC(NC2CCCN(CC)C2)C1. The number of ether oxygens (including phenoxy) is 1. The van der Waals surface area contributed by atoms with E-state index in [9.17, 15) is 4.79 Å². The Morgan fingerprint density at radius 3 is 2.75 bits per heavy atom. The summed E-state index contributed by atoms with van der Waals surface area (Å²) >= 11 is 0. The summed E-state index contributed by atoms with van der Waals surface area (Å²) in [5, 5.41) is 3.80. The smallest absolute Gasteiger partial charge is 0.308 e. The number of rotatable bonds is 5. The third kappa shape index (κ3) is 4.45. The van der Waals surface area contributed by atoms with Gasteiger partial charge >= 0.3 is 5.97 Å². The molecular weight excluding hydrogens is 252 g/mol. The molecule has 1 heterocycles. The molecule has 3 atom stereocenters. The van der Waals surface area contributed by atoms with E-state index in [0.29, 0.717) is 18.7 Å². The first kappa shape index (κ1) is 15.8. The molecule has 4 heteroatoms. The van der Waals surface area contributed by atoms with E-state index in [0.717, 1.165) is 32.4 Å². The summed E-state index contributed by atoms with van der Waals surface area (Å²) in [6.45, 7) is 8.18. The number of likely N-dealkylation sites (N-methyl/N-ethyl adjacent to an activating group) is 1. The van der Waals surface area contributed by atoms with Crippen molar-refractivity contribution in [2.24, 2.45) is 5.92 Å². The lowest BCUT2D eigenvalue weighted by Crippen LogP contribution is -2.50. The van der Waals surface area contributed by atoms with Gasteiger partial charge in [-0.15, -0.1) is 0 Å². The molecular formula is C16H30N2O2. The van der Waals surface area contributed by atoms with Gasteiger partial charge in [0.1, 0.15) is 0 Å². The second-order valence-corrected chi connectivity index (χ2v) is 6.21. The van der Waals surface area contributed by atoms with Crippen molar-refractivity contribution in [2.75, 3.05) is 26.2 Å². The van der Waals surface area contributed by atoms with Crippen molar-refractivity contribution in [1.29, 1.82) is 0 Å². The quantitative estimate of drug-likeness (QED) is 0.785. The zero-order chi connectivity index (χ0) is 14.4. The fraction of sp³-hybridized carbons (Fsp3) is 0.938. The van der Waals surface area contributed by atoms with E-state index in [1.807, 2.05) is 6.92 Å². The number of likely N-dealkylation sites (tertiary alicyclic amines) is 1. The maximum atomic E-state index is 11.9. The molecule has 4 nitrogen and oxygen atoms in total. The minimum Gasteiger partial charge on any atom is -0.466 e. The third-order valence-electron chi connectivity index (χ3n) is 4.72. The van der Waals surface area contributed by atoms with Crippen molar-refractivity contribution in [2.45, 2.75) is 64.5 Å². The van der Waals surface area contributed by atoms with Crippen LogP contribution < -0.4 is 5.32 Å². The van der Waals surface area contributed by atoms with Crippen molar-refractivity contribution in [3.63, 3.8) is 0 Å². The Hall–Kier alpha value is -0.610. The molecule has 1 aliphatic carbocycles. The van der Waals surface area contributed by atoms with Gasteiger partial charge in [0.2, 0.25) is 0 Å². The van der Waals surface area contributed by atoms with Gasteiger partial charge in [0.15, 0.2) is 0 Å². The van der Waals surface area contributed by atoms with Crippen LogP contribution in [0, 0.1) is 5.92 Å². The third-order valence-corrected chi connectivity index (χ3v) is 4.72. The first-order valence-corrected chi connectivity index (χ1v) is 8.38. The van der Waals surface area contributed by atoms with Gasteiger partial charge in [-0.3, -0.25) is 4.79 Å². The van der Waals surface area contributed by atoms with Crippen molar-refractivity contribution in [3.05, 3.63) is 0 Å². The molecule has 20 heavy (non-hydrogen) atoms. The molecule has 2 aliphatic rings. The van der Waals surface area contributed by atoms with E-state index in [2.05, 4.69) is 17.1 Å². The summed E-state index contributed by atoms with van der Waals surface area (Å²) in [5.74, 6) is 0.130. The van der Waals surface area contributed by atoms with Gasteiger partial charge in [0.25, 0.3) is 0 Å². The second-order valence-electron chi connectivity index (χ2n) is 6.21. The number of hydrogen-bond acceptors (Lipinski definition) is 4. The van der Waals surface area contributed by atoms with E-state index in [1.54, 1.807) is 0 Å². The van der Waals surface area contributed by atoms with Crippen LogP contribution in [0.1, 0.15) is 52.4 Å². The molecule has 0 amide bonds. The standard InChI is InChI=1S/C16H30N2O2/c1-3-18-10-6-9-15(12-18)17-14-8-5-7-13(11-14)16(19)20-4-2/h13-15,17H,3-12H2,1-2H3. The Balaban J connectivity index is 1.79. The Labute approximate surface area is 123 Å². The highest BCUT2D eigenvalue weighted by Gasteiger charge is 2.30. The normalized spacial score (nSPS) is 32.0. The zero-order valence-corrected chi connectivity index (χ0v) is 13.1. The van der Waals surface area contributed by atoms with Crippen LogP contribution in [0.25, 0.3) is 0 Å². The van der Waals surface area contributed by atoms with Crippen LogP contribution in [-0.2, 0) is 9.53 Å². The van der Waals surface area contributed by atoms with Gasteiger partial charge in [-0.2, -0.15) is 0 Å². The molecule has 1 N–H and O–H groups in total. The number of nitrogens with one attached hydrogen (secondary N) is 1. The maximum Gasteiger partial charge on any atom is 0.308 e. The summed E-state index contributed by atoms with van der Waals surface area (Å²) in [6, 6.07) is 1.11. The molecule has 1 aliphatic heterocycles. The summed E-state index contributed by atoms with van der Waals surface area (Å²) in [6.07, 6.45) is 6.88. The second kappa shape index (κ2) is 7.99. The molecule has 0 spiro atoms. The van der Waals surface area contributed by atoms with Crippen LogP contribution >= 0.6 is 0 Å². The topological polar surface area (TPSA) is 41.6 Å². The van der Waals surface area contributed by atoms with Crippen molar-refractivity contribution in [3.8, 4) is 0 Å². The van der Waals surface area contributed by atoms with E-state index in [-0.39, 0.29) is 11.9 Å². The number of hydrogen-bond donors (Lipinski definition) is 1. The summed E-state index contributed by atoms with van der Waals surface area (Å²) < 4.78 is 5.18. The van der Waals surface area contributed by atoms with Gasteiger partial charge in [0.05, 0.1) is 12.5 Å².